The predicted octanol–water partition coefficient (Wildman–Crippen LogP) is 2.69. The number of rotatable bonds is 3. The van der Waals surface area contributed by atoms with Crippen molar-refractivity contribution in [1.29, 1.82) is 0 Å². The maximum Gasteiger partial charge on any atom is 0.244 e. The number of carbonyl (C=O) groups is 1. The minimum absolute atomic E-state index is 0.0138. The molecule has 0 saturated carbocycles. The third-order valence-corrected chi connectivity index (χ3v) is 4.03. The van der Waals surface area contributed by atoms with Gasteiger partial charge in [0.25, 0.3) is 0 Å². The fourth-order valence-corrected chi connectivity index (χ4v) is 2.96. The number of carbonyl (C=O) groups excluding carboxylic acids is 1. The van der Waals surface area contributed by atoms with Crippen LogP contribution in [0.15, 0.2) is 30.3 Å². The number of likely N-dealkylation sites (tertiary alicyclic amines) is 1. The first-order chi connectivity index (χ1) is 8.93. The van der Waals surface area contributed by atoms with Gasteiger partial charge in [0.15, 0.2) is 0 Å². The van der Waals surface area contributed by atoms with Crippen LogP contribution in [0.4, 0.5) is 0 Å². The molecule has 0 N–H and O–H groups in total. The number of hydrogen-bond donors (Lipinski definition) is 0. The Labute approximate surface area is 116 Å². The van der Waals surface area contributed by atoms with E-state index in [4.69, 9.17) is 0 Å². The highest BCUT2D eigenvalue weighted by atomic mass is 16.2. The minimum atomic E-state index is -0.182. The number of nitrogens with zero attached hydrogens (tertiary/aromatic N) is 2. The van der Waals surface area contributed by atoms with Crippen molar-refractivity contribution in [3.8, 4) is 0 Å². The summed E-state index contributed by atoms with van der Waals surface area (Å²) in [5.41, 5.74) is 1.06. The van der Waals surface area contributed by atoms with E-state index in [1.807, 2.05) is 54.2 Å². The molecule has 1 aromatic rings. The molecular formula is C16H24N2O. The van der Waals surface area contributed by atoms with Crippen molar-refractivity contribution in [2.45, 2.75) is 38.3 Å². The Morgan fingerprint density at radius 2 is 1.89 bits per heavy atom. The molecule has 0 aromatic heterocycles. The summed E-state index contributed by atoms with van der Waals surface area (Å²) in [6.07, 6.45) is 2.20. The van der Waals surface area contributed by atoms with Crippen LogP contribution in [0.1, 0.15) is 38.3 Å². The van der Waals surface area contributed by atoms with Crippen molar-refractivity contribution in [2.24, 2.45) is 0 Å². The zero-order chi connectivity index (χ0) is 14.0. The lowest BCUT2D eigenvalue weighted by molar-refractivity contribution is -0.139. The van der Waals surface area contributed by atoms with Gasteiger partial charge < -0.3 is 4.90 Å². The number of amides is 1. The average molecular weight is 260 g/mol. The largest absolute Gasteiger partial charge is 0.336 e. The third kappa shape index (κ3) is 2.81. The highest BCUT2D eigenvalue weighted by Gasteiger charge is 2.39. The van der Waals surface area contributed by atoms with Crippen molar-refractivity contribution < 1.29 is 4.79 Å². The number of likely N-dealkylation sites (N-methyl/N-ethyl adjacent to an activating group) is 1. The molecule has 0 radical (unpaired) electrons. The smallest absolute Gasteiger partial charge is 0.244 e. The maximum atomic E-state index is 12.9. The molecule has 1 unspecified atom stereocenters. The molecule has 104 valence electrons. The average Bonchev–Trinajstić information content (AvgIpc) is 2.70. The molecule has 3 nitrogen and oxygen atoms in total. The summed E-state index contributed by atoms with van der Waals surface area (Å²) in [4.78, 5) is 16.9. The molecule has 1 fully saturated rings. The van der Waals surface area contributed by atoms with Crippen LogP contribution >= 0.6 is 0 Å². The molecule has 1 aliphatic heterocycles. The van der Waals surface area contributed by atoms with Crippen molar-refractivity contribution in [1.82, 2.24) is 9.80 Å². The summed E-state index contributed by atoms with van der Waals surface area (Å²) in [6, 6.07) is 9.86. The van der Waals surface area contributed by atoms with Crippen molar-refractivity contribution >= 4 is 5.91 Å². The van der Waals surface area contributed by atoms with Crippen molar-refractivity contribution in [3.05, 3.63) is 35.9 Å². The molecule has 3 heteroatoms. The first-order valence-corrected chi connectivity index (χ1v) is 6.96. The highest BCUT2D eigenvalue weighted by molar-refractivity contribution is 5.84. The first kappa shape index (κ1) is 14.1. The zero-order valence-electron chi connectivity index (χ0n) is 12.4. The van der Waals surface area contributed by atoms with Crippen LogP contribution in [-0.4, -0.2) is 41.9 Å². The van der Waals surface area contributed by atoms with E-state index in [1.54, 1.807) is 0 Å². The molecular weight excluding hydrogens is 236 g/mol. The van der Waals surface area contributed by atoms with Crippen LogP contribution in [0.3, 0.4) is 0 Å². The van der Waals surface area contributed by atoms with Gasteiger partial charge in [-0.15, -0.1) is 0 Å². The molecule has 1 atom stereocenters. The fraction of sp³-hybridized carbons (Fsp3) is 0.562. The third-order valence-electron chi connectivity index (χ3n) is 4.03. The summed E-state index contributed by atoms with van der Waals surface area (Å²) in [6.45, 7) is 5.20. The lowest BCUT2D eigenvalue weighted by Gasteiger charge is -2.36. The Kier molecular flexibility index (Phi) is 3.95. The molecule has 19 heavy (non-hydrogen) atoms. The molecule has 1 aliphatic rings. The van der Waals surface area contributed by atoms with E-state index in [0.29, 0.717) is 0 Å². The maximum absolute atomic E-state index is 12.9. The molecule has 1 aromatic carbocycles. The second-order valence-corrected chi connectivity index (χ2v) is 6.18. The summed E-state index contributed by atoms with van der Waals surface area (Å²) in [5, 5.41) is 0. The zero-order valence-corrected chi connectivity index (χ0v) is 12.4. The van der Waals surface area contributed by atoms with Crippen molar-refractivity contribution in [2.75, 3.05) is 20.6 Å². The van der Waals surface area contributed by atoms with E-state index in [-0.39, 0.29) is 17.5 Å². The topological polar surface area (TPSA) is 23.6 Å². The van der Waals surface area contributed by atoms with Gasteiger partial charge in [0, 0.05) is 12.1 Å². The van der Waals surface area contributed by atoms with Gasteiger partial charge in [-0.05, 0) is 46.3 Å². The Bertz CT molecular complexity index is 439. The summed E-state index contributed by atoms with van der Waals surface area (Å²) >= 11 is 0. The first-order valence-electron chi connectivity index (χ1n) is 6.96. The van der Waals surface area contributed by atoms with Crippen LogP contribution in [0, 0.1) is 0 Å². The van der Waals surface area contributed by atoms with Crippen LogP contribution in [-0.2, 0) is 4.79 Å². The summed E-state index contributed by atoms with van der Waals surface area (Å²) in [5.74, 6) is 0.221. The lowest BCUT2D eigenvalue weighted by Crippen LogP contribution is -2.47. The minimum Gasteiger partial charge on any atom is -0.336 e. The van der Waals surface area contributed by atoms with Crippen LogP contribution in [0.25, 0.3) is 0 Å². The Balaban J connectivity index is 2.28. The van der Waals surface area contributed by atoms with E-state index < -0.39 is 0 Å². The van der Waals surface area contributed by atoms with E-state index in [1.165, 1.54) is 0 Å². The van der Waals surface area contributed by atoms with Gasteiger partial charge in [-0.1, -0.05) is 30.3 Å². The SMILES string of the molecule is CN(C)C(C(=O)N1CCCC1(C)C)c1ccccc1. The second-order valence-electron chi connectivity index (χ2n) is 6.18. The highest BCUT2D eigenvalue weighted by Crippen LogP contribution is 2.32. The predicted molar refractivity (Wildman–Crippen MR) is 77.9 cm³/mol. The molecule has 1 saturated heterocycles. The van der Waals surface area contributed by atoms with Gasteiger partial charge in [-0.2, -0.15) is 0 Å². The van der Waals surface area contributed by atoms with Gasteiger partial charge in [0.05, 0.1) is 0 Å². The Morgan fingerprint density at radius 1 is 1.26 bits per heavy atom. The van der Waals surface area contributed by atoms with Crippen LogP contribution in [0.2, 0.25) is 0 Å². The van der Waals surface area contributed by atoms with Crippen molar-refractivity contribution in [3.63, 3.8) is 0 Å². The van der Waals surface area contributed by atoms with Crippen LogP contribution in [0.5, 0.6) is 0 Å². The molecule has 0 aliphatic carbocycles. The molecule has 1 amide bonds. The molecule has 0 bridgehead atoms. The fourth-order valence-electron chi connectivity index (χ4n) is 2.96. The van der Waals surface area contributed by atoms with E-state index in [9.17, 15) is 4.79 Å². The Hall–Kier alpha value is -1.35. The molecule has 2 rings (SSSR count). The van der Waals surface area contributed by atoms with Gasteiger partial charge in [0.2, 0.25) is 5.91 Å². The Morgan fingerprint density at radius 3 is 2.37 bits per heavy atom. The normalized spacial score (nSPS) is 19.7. The lowest BCUT2D eigenvalue weighted by atomic mass is 9.99. The monoisotopic (exact) mass is 260 g/mol. The summed E-state index contributed by atoms with van der Waals surface area (Å²) in [7, 11) is 3.94. The van der Waals surface area contributed by atoms with Crippen LogP contribution < -0.4 is 0 Å². The second kappa shape index (κ2) is 5.33. The van der Waals surface area contributed by atoms with Gasteiger partial charge in [0.1, 0.15) is 6.04 Å². The number of hydrogen-bond acceptors (Lipinski definition) is 2. The van der Waals surface area contributed by atoms with Gasteiger partial charge >= 0.3 is 0 Å². The van der Waals surface area contributed by atoms with E-state index in [0.717, 1.165) is 24.9 Å². The standard InChI is InChI=1S/C16H24N2O/c1-16(2)11-8-12-18(16)15(19)14(17(3)4)13-9-6-5-7-10-13/h5-7,9-10,14H,8,11-12H2,1-4H3. The quantitative estimate of drug-likeness (QED) is 0.834. The molecule has 1 heterocycles. The van der Waals surface area contributed by atoms with E-state index >= 15 is 0 Å². The summed E-state index contributed by atoms with van der Waals surface area (Å²) < 4.78 is 0. The van der Waals surface area contributed by atoms with Gasteiger partial charge in [-0.25, -0.2) is 0 Å². The molecule has 0 spiro atoms. The van der Waals surface area contributed by atoms with Gasteiger partial charge in [-0.3, -0.25) is 9.69 Å². The number of benzene rings is 1. The van der Waals surface area contributed by atoms with E-state index in [2.05, 4.69) is 13.8 Å².